The van der Waals surface area contributed by atoms with E-state index in [0.717, 1.165) is 0 Å². The monoisotopic (exact) mass is 363 g/mol. The van der Waals surface area contributed by atoms with Gasteiger partial charge in [0.2, 0.25) is 5.95 Å². The number of benzene rings is 2. The van der Waals surface area contributed by atoms with Gasteiger partial charge < -0.3 is 4.74 Å². The lowest BCUT2D eigenvalue weighted by Gasteiger charge is -2.06. The van der Waals surface area contributed by atoms with Crippen molar-refractivity contribution in [3.8, 4) is 23.1 Å². The van der Waals surface area contributed by atoms with Crippen LogP contribution in [0.15, 0.2) is 58.4 Å². The van der Waals surface area contributed by atoms with E-state index in [-0.39, 0.29) is 17.2 Å². The predicted octanol–water partition coefficient (Wildman–Crippen LogP) is 2.90. The van der Waals surface area contributed by atoms with Crippen LogP contribution in [-0.4, -0.2) is 23.3 Å². The van der Waals surface area contributed by atoms with Gasteiger partial charge in [0.15, 0.2) is 0 Å². The first-order chi connectivity index (χ1) is 13.1. The average molecular weight is 363 g/mol. The van der Waals surface area contributed by atoms with Crippen LogP contribution in [0.4, 0.5) is 10.3 Å². The van der Waals surface area contributed by atoms with Gasteiger partial charge in [-0.25, -0.2) is 14.8 Å². The van der Waals surface area contributed by atoms with Gasteiger partial charge in [-0.2, -0.15) is 10.4 Å². The second-order valence-electron chi connectivity index (χ2n) is 5.37. The van der Waals surface area contributed by atoms with Crippen molar-refractivity contribution in [2.45, 2.75) is 0 Å². The Bertz CT molecular complexity index is 1090. The lowest BCUT2D eigenvalue weighted by Crippen LogP contribution is -2.16. The maximum atomic E-state index is 13.4. The lowest BCUT2D eigenvalue weighted by molar-refractivity contribution is 0.413. The van der Waals surface area contributed by atoms with Crippen LogP contribution in [-0.2, 0) is 0 Å². The number of hydrazone groups is 1. The minimum atomic E-state index is -0.590. The average Bonchev–Trinajstić information content (AvgIpc) is 2.68. The minimum Gasteiger partial charge on any atom is -0.496 e. The number of aromatic amines is 1. The summed E-state index contributed by atoms with van der Waals surface area (Å²) in [5.74, 6) is 0.0474. The van der Waals surface area contributed by atoms with E-state index in [4.69, 9.17) is 4.74 Å². The summed E-state index contributed by atoms with van der Waals surface area (Å²) in [7, 11) is 1.46. The molecular formula is C19H14FN5O2. The molecule has 0 bridgehead atoms. The standard InChI is InChI=1S/C19H14FN5O2/c1-27-16-8-7-14(20)9-13(16)11-22-25-19-23-17(12-5-3-2-4-6-12)15(10-21)18(26)24-19/h2-9,11H,1H3,(H2,23,24,25,26). The fraction of sp³-hybridized carbons (Fsp3) is 0.0526. The Morgan fingerprint density at radius 3 is 2.78 bits per heavy atom. The molecule has 2 N–H and O–H groups in total. The summed E-state index contributed by atoms with van der Waals surface area (Å²) in [6.45, 7) is 0. The number of nitrogens with one attached hydrogen (secondary N) is 2. The smallest absolute Gasteiger partial charge is 0.270 e. The first-order valence-electron chi connectivity index (χ1n) is 7.85. The summed E-state index contributed by atoms with van der Waals surface area (Å²) in [5.41, 5.74) is 3.17. The molecule has 0 amide bonds. The van der Waals surface area contributed by atoms with Crippen LogP contribution in [0.25, 0.3) is 11.3 Å². The largest absolute Gasteiger partial charge is 0.496 e. The molecule has 27 heavy (non-hydrogen) atoms. The van der Waals surface area contributed by atoms with Crippen LogP contribution in [0.5, 0.6) is 5.75 Å². The minimum absolute atomic E-state index is 0.0458. The number of nitrogens with zero attached hydrogens (tertiary/aromatic N) is 3. The summed E-state index contributed by atoms with van der Waals surface area (Å²) in [5, 5.41) is 13.2. The highest BCUT2D eigenvalue weighted by Gasteiger charge is 2.12. The molecule has 2 aromatic carbocycles. The Morgan fingerprint density at radius 1 is 1.30 bits per heavy atom. The Balaban J connectivity index is 1.93. The van der Waals surface area contributed by atoms with Crippen molar-refractivity contribution in [2.24, 2.45) is 5.10 Å². The van der Waals surface area contributed by atoms with E-state index in [9.17, 15) is 14.4 Å². The lowest BCUT2D eigenvalue weighted by atomic mass is 10.1. The van der Waals surface area contributed by atoms with Crippen molar-refractivity contribution >= 4 is 12.2 Å². The highest BCUT2D eigenvalue weighted by molar-refractivity contribution is 5.84. The van der Waals surface area contributed by atoms with Crippen LogP contribution < -0.4 is 15.7 Å². The predicted molar refractivity (Wildman–Crippen MR) is 99.2 cm³/mol. The number of halogens is 1. The van der Waals surface area contributed by atoms with Crippen molar-refractivity contribution in [1.29, 1.82) is 5.26 Å². The van der Waals surface area contributed by atoms with Gasteiger partial charge in [0, 0.05) is 11.1 Å². The molecule has 1 aromatic heterocycles. The third-order valence-corrected chi connectivity index (χ3v) is 3.64. The molecule has 7 nitrogen and oxygen atoms in total. The molecule has 3 aromatic rings. The maximum absolute atomic E-state index is 13.4. The fourth-order valence-electron chi connectivity index (χ4n) is 2.40. The SMILES string of the molecule is COc1ccc(F)cc1C=NNc1nc(-c2ccccc2)c(C#N)c(=O)[nH]1. The number of aromatic nitrogens is 2. The summed E-state index contributed by atoms with van der Waals surface area (Å²) in [6, 6.07) is 14.7. The number of nitriles is 1. The molecule has 0 aliphatic heterocycles. The third kappa shape index (κ3) is 3.99. The molecule has 0 atom stereocenters. The third-order valence-electron chi connectivity index (χ3n) is 3.64. The van der Waals surface area contributed by atoms with Crippen molar-refractivity contribution in [3.05, 3.63) is 75.8 Å². The van der Waals surface area contributed by atoms with Gasteiger partial charge in [0.05, 0.1) is 19.0 Å². The molecule has 0 aliphatic carbocycles. The van der Waals surface area contributed by atoms with E-state index >= 15 is 0 Å². The fourth-order valence-corrected chi connectivity index (χ4v) is 2.40. The number of anilines is 1. The molecule has 8 heteroatoms. The van der Waals surface area contributed by atoms with Crippen LogP contribution in [0.2, 0.25) is 0 Å². The van der Waals surface area contributed by atoms with Gasteiger partial charge >= 0.3 is 0 Å². The number of hydrogen-bond acceptors (Lipinski definition) is 6. The number of hydrogen-bond donors (Lipinski definition) is 2. The number of H-pyrrole nitrogens is 1. The van der Waals surface area contributed by atoms with Gasteiger partial charge in [0.1, 0.15) is 23.2 Å². The summed E-state index contributed by atoms with van der Waals surface area (Å²) in [6.07, 6.45) is 1.34. The zero-order valence-corrected chi connectivity index (χ0v) is 14.2. The molecule has 0 fully saturated rings. The van der Waals surface area contributed by atoms with Crippen LogP contribution in [0.1, 0.15) is 11.1 Å². The molecule has 0 spiro atoms. The molecule has 0 unspecified atom stereocenters. The molecule has 134 valence electrons. The Labute approximate surface area is 153 Å². The molecule has 1 heterocycles. The number of methoxy groups -OCH3 is 1. The topological polar surface area (TPSA) is 103 Å². The van der Waals surface area contributed by atoms with Crippen molar-refractivity contribution in [1.82, 2.24) is 9.97 Å². The second kappa shape index (κ2) is 7.93. The van der Waals surface area contributed by atoms with Crippen LogP contribution in [0, 0.1) is 17.1 Å². The van der Waals surface area contributed by atoms with Gasteiger partial charge in [-0.3, -0.25) is 9.78 Å². The quantitative estimate of drug-likeness (QED) is 0.536. The Kier molecular flexibility index (Phi) is 5.23. The summed E-state index contributed by atoms with van der Waals surface area (Å²) >= 11 is 0. The van der Waals surface area contributed by atoms with E-state index in [1.54, 1.807) is 24.3 Å². The van der Waals surface area contributed by atoms with Crippen LogP contribution >= 0.6 is 0 Å². The normalized spacial score (nSPS) is 10.6. The molecule has 0 aliphatic rings. The van der Waals surface area contributed by atoms with E-state index in [1.165, 1.54) is 31.5 Å². The first-order valence-corrected chi connectivity index (χ1v) is 7.85. The van der Waals surface area contributed by atoms with Crippen molar-refractivity contribution < 1.29 is 9.13 Å². The molecule has 0 radical (unpaired) electrons. The first kappa shape index (κ1) is 17.8. The number of ether oxygens (including phenoxy) is 1. The molecular weight excluding hydrogens is 349 g/mol. The van der Waals surface area contributed by atoms with Gasteiger partial charge in [-0.15, -0.1) is 0 Å². The summed E-state index contributed by atoms with van der Waals surface area (Å²) < 4.78 is 18.5. The summed E-state index contributed by atoms with van der Waals surface area (Å²) in [4.78, 5) is 18.9. The zero-order valence-electron chi connectivity index (χ0n) is 14.2. The zero-order chi connectivity index (χ0) is 19.2. The highest BCUT2D eigenvalue weighted by Crippen LogP contribution is 2.20. The molecule has 0 saturated carbocycles. The maximum Gasteiger partial charge on any atom is 0.270 e. The second-order valence-corrected chi connectivity index (χ2v) is 5.37. The van der Waals surface area contributed by atoms with Gasteiger partial charge in [-0.05, 0) is 18.2 Å². The van der Waals surface area contributed by atoms with E-state index in [1.807, 2.05) is 12.1 Å². The van der Waals surface area contributed by atoms with Crippen molar-refractivity contribution in [3.63, 3.8) is 0 Å². The van der Waals surface area contributed by atoms with Gasteiger partial charge in [-0.1, -0.05) is 30.3 Å². The van der Waals surface area contributed by atoms with Gasteiger partial charge in [0.25, 0.3) is 5.56 Å². The van der Waals surface area contributed by atoms with E-state index in [0.29, 0.717) is 16.9 Å². The van der Waals surface area contributed by atoms with E-state index < -0.39 is 11.4 Å². The van der Waals surface area contributed by atoms with Crippen LogP contribution in [0.3, 0.4) is 0 Å². The van der Waals surface area contributed by atoms with Crippen molar-refractivity contribution in [2.75, 3.05) is 12.5 Å². The van der Waals surface area contributed by atoms with E-state index in [2.05, 4.69) is 20.5 Å². The Morgan fingerprint density at radius 2 is 2.07 bits per heavy atom. The number of rotatable bonds is 5. The molecule has 3 rings (SSSR count). The molecule has 0 saturated heterocycles. The Hall–Kier alpha value is -3.99. The highest BCUT2D eigenvalue weighted by atomic mass is 19.1.